The zero-order valence-electron chi connectivity index (χ0n) is 7.72. The minimum atomic E-state index is -2.76. The smallest absolute Gasteiger partial charge is 0.147 e. The molecule has 12 heavy (non-hydrogen) atoms. The number of sulfone groups is 1. The van der Waals surface area contributed by atoms with Crippen LogP contribution in [-0.2, 0) is 9.84 Å². The fraction of sp³-hybridized carbons (Fsp3) is 1.00. The van der Waals surface area contributed by atoms with E-state index in [1.54, 1.807) is 0 Å². The van der Waals surface area contributed by atoms with E-state index in [0.717, 1.165) is 19.3 Å². The average molecular weight is 213 g/mol. The van der Waals surface area contributed by atoms with E-state index in [-0.39, 0.29) is 0 Å². The number of unbranched alkanes of at least 4 members (excludes halogenated alkanes) is 1. The summed E-state index contributed by atoms with van der Waals surface area (Å²) in [5.74, 6) is 1.48. The lowest BCUT2D eigenvalue weighted by Gasteiger charge is -2.05. The average Bonchev–Trinajstić information content (AvgIpc) is 1.96. The Morgan fingerprint density at radius 3 is 2.33 bits per heavy atom. The molecule has 0 aromatic rings. The van der Waals surface area contributed by atoms with Gasteiger partial charge in [0.15, 0.2) is 0 Å². The highest BCUT2D eigenvalue weighted by atomic mass is 35.5. The third-order valence-electron chi connectivity index (χ3n) is 1.73. The van der Waals surface area contributed by atoms with Crippen molar-refractivity contribution in [2.75, 3.05) is 17.9 Å². The lowest BCUT2D eigenvalue weighted by Crippen LogP contribution is -2.04. The van der Waals surface area contributed by atoms with Gasteiger partial charge in [-0.05, 0) is 18.8 Å². The Bertz CT molecular complexity index is 199. The number of alkyl halides is 1. The maximum atomic E-state index is 10.7. The highest BCUT2D eigenvalue weighted by molar-refractivity contribution is 7.90. The summed E-state index contributed by atoms with van der Waals surface area (Å²) in [5.41, 5.74) is 0. The Balaban J connectivity index is 3.34. The van der Waals surface area contributed by atoms with Gasteiger partial charge in [-0.1, -0.05) is 13.3 Å². The van der Waals surface area contributed by atoms with Gasteiger partial charge in [0.1, 0.15) is 9.84 Å². The normalized spacial score (nSPS) is 14.6. The van der Waals surface area contributed by atoms with Crippen LogP contribution in [0.5, 0.6) is 0 Å². The molecule has 1 atom stereocenters. The van der Waals surface area contributed by atoms with E-state index in [1.807, 2.05) is 0 Å². The summed E-state index contributed by atoms with van der Waals surface area (Å²) in [6.45, 7) is 2.08. The Kier molecular flexibility index (Phi) is 5.93. The van der Waals surface area contributed by atoms with Gasteiger partial charge in [0.05, 0.1) is 0 Å². The molecule has 0 rings (SSSR count). The van der Waals surface area contributed by atoms with Gasteiger partial charge in [-0.15, -0.1) is 11.6 Å². The van der Waals surface area contributed by atoms with Crippen molar-refractivity contribution in [3.63, 3.8) is 0 Å². The lowest BCUT2D eigenvalue weighted by atomic mass is 10.1. The molecule has 0 aliphatic heterocycles. The Morgan fingerprint density at radius 2 is 1.92 bits per heavy atom. The molecule has 0 aliphatic carbocycles. The number of hydrogen-bond donors (Lipinski definition) is 0. The van der Waals surface area contributed by atoms with Crippen LogP contribution in [-0.4, -0.2) is 26.3 Å². The van der Waals surface area contributed by atoms with E-state index in [4.69, 9.17) is 11.6 Å². The molecule has 2 nitrogen and oxygen atoms in total. The summed E-state index contributed by atoms with van der Waals surface area (Å²) in [6, 6.07) is 0. The largest absolute Gasteiger partial charge is 0.229 e. The molecular formula is C8H17ClO2S. The second-order valence-corrected chi connectivity index (χ2v) is 5.95. The third kappa shape index (κ3) is 8.34. The monoisotopic (exact) mass is 212 g/mol. The van der Waals surface area contributed by atoms with Crippen LogP contribution >= 0.6 is 11.6 Å². The number of rotatable bonds is 6. The molecule has 0 spiro atoms. The van der Waals surface area contributed by atoms with Crippen molar-refractivity contribution in [1.82, 2.24) is 0 Å². The summed E-state index contributed by atoms with van der Waals surface area (Å²) < 4.78 is 21.4. The molecule has 0 saturated carbocycles. The zero-order valence-corrected chi connectivity index (χ0v) is 9.29. The first-order chi connectivity index (χ1) is 5.45. The summed E-state index contributed by atoms with van der Waals surface area (Å²) in [5, 5.41) is 0. The molecule has 0 bridgehead atoms. The SMILES string of the molecule is CC(CCl)CCCCS(C)(=O)=O. The van der Waals surface area contributed by atoms with Crippen LogP contribution in [0.25, 0.3) is 0 Å². The van der Waals surface area contributed by atoms with Crippen molar-refractivity contribution in [2.45, 2.75) is 26.2 Å². The van der Waals surface area contributed by atoms with Crippen LogP contribution in [0.1, 0.15) is 26.2 Å². The van der Waals surface area contributed by atoms with Gasteiger partial charge in [-0.25, -0.2) is 8.42 Å². The first-order valence-electron chi connectivity index (χ1n) is 4.19. The van der Waals surface area contributed by atoms with Gasteiger partial charge in [0.2, 0.25) is 0 Å². The highest BCUT2D eigenvalue weighted by Gasteiger charge is 2.03. The molecule has 0 aromatic heterocycles. The molecule has 0 aromatic carbocycles. The van der Waals surface area contributed by atoms with Crippen LogP contribution in [0.4, 0.5) is 0 Å². The summed E-state index contributed by atoms with van der Waals surface area (Å²) >= 11 is 5.60. The van der Waals surface area contributed by atoms with Gasteiger partial charge >= 0.3 is 0 Å². The molecule has 74 valence electrons. The van der Waals surface area contributed by atoms with Gasteiger partial charge in [0.25, 0.3) is 0 Å². The van der Waals surface area contributed by atoms with Crippen LogP contribution in [0.15, 0.2) is 0 Å². The van der Waals surface area contributed by atoms with Crippen LogP contribution in [0.3, 0.4) is 0 Å². The van der Waals surface area contributed by atoms with Crippen molar-refractivity contribution in [1.29, 1.82) is 0 Å². The topological polar surface area (TPSA) is 34.1 Å². The lowest BCUT2D eigenvalue weighted by molar-refractivity contribution is 0.549. The molecule has 0 N–H and O–H groups in total. The standard InChI is InChI=1S/C8H17ClO2S/c1-8(7-9)5-3-4-6-12(2,10)11/h8H,3-7H2,1-2H3. The maximum absolute atomic E-state index is 10.7. The quantitative estimate of drug-likeness (QED) is 0.499. The van der Waals surface area contributed by atoms with E-state index in [2.05, 4.69) is 6.92 Å². The van der Waals surface area contributed by atoms with E-state index >= 15 is 0 Å². The second-order valence-electron chi connectivity index (χ2n) is 3.39. The second kappa shape index (κ2) is 5.81. The molecule has 0 aliphatic rings. The fourth-order valence-corrected chi connectivity index (χ4v) is 1.82. The van der Waals surface area contributed by atoms with Gasteiger partial charge in [0, 0.05) is 17.9 Å². The maximum Gasteiger partial charge on any atom is 0.147 e. The Labute approximate surface area is 80.2 Å². The van der Waals surface area contributed by atoms with E-state index in [0.29, 0.717) is 17.6 Å². The minimum Gasteiger partial charge on any atom is -0.229 e. The Hall–Kier alpha value is 0.240. The third-order valence-corrected chi connectivity index (χ3v) is 3.28. The summed E-state index contributed by atoms with van der Waals surface area (Å²) in [7, 11) is -2.76. The molecule has 0 heterocycles. The van der Waals surface area contributed by atoms with Gasteiger partial charge in [-0.3, -0.25) is 0 Å². The van der Waals surface area contributed by atoms with Crippen LogP contribution in [0, 0.1) is 5.92 Å². The molecule has 0 fully saturated rings. The highest BCUT2D eigenvalue weighted by Crippen LogP contribution is 2.09. The molecule has 4 heteroatoms. The number of hydrogen-bond acceptors (Lipinski definition) is 2. The van der Waals surface area contributed by atoms with E-state index < -0.39 is 9.84 Å². The predicted molar refractivity (Wildman–Crippen MR) is 53.4 cm³/mol. The van der Waals surface area contributed by atoms with Crippen LogP contribution < -0.4 is 0 Å². The summed E-state index contributed by atoms with van der Waals surface area (Å²) in [6.07, 6.45) is 4.03. The summed E-state index contributed by atoms with van der Waals surface area (Å²) in [4.78, 5) is 0. The fourth-order valence-electron chi connectivity index (χ4n) is 0.934. The van der Waals surface area contributed by atoms with Crippen molar-refractivity contribution in [3.05, 3.63) is 0 Å². The van der Waals surface area contributed by atoms with E-state index in [9.17, 15) is 8.42 Å². The minimum absolute atomic E-state index is 0.308. The van der Waals surface area contributed by atoms with Crippen molar-refractivity contribution >= 4 is 21.4 Å². The zero-order chi connectivity index (χ0) is 9.61. The van der Waals surface area contributed by atoms with Crippen molar-refractivity contribution < 1.29 is 8.42 Å². The molecule has 0 radical (unpaired) electrons. The van der Waals surface area contributed by atoms with Crippen LogP contribution in [0.2, 0.25) is 0 Å². The predicted octanol–water partition coefficient (Wildman–Crippen LogP) is 2.08. The van der Waals surface area contributed by atoms with Gasteiger partial charge in [-0.2, -0.15) is 0 Å². The molecule has 0 saturated heterocycles. The van der Waals surface area contributed by atoms with Crippen molar-refractivity contribution in [2.24, 2.45) is 5.92 Å². The van der Waals surface area contributed by atoms with Gasteiger partial charge < -0.3 is 0 Å². The van der Waals surface area contributed by atoms with Crippen molar-refractivity contribution in [3.8, 4) is 0 Å². The first kappa shape index (κ1) is 12.2. The molecule has 0 amide bonds. The Morgan fingerprint density at radius 1 is 1.33 bits per heavy atom. The van der Waals surface area contributed by atoms with E-state index in [1.165, 1.54) is 6.26 Å². The molecule has 1 unspecified atom stereocenters. The molecular weight excluding hydrogens is 196 g/mol. The number of halogens is 1. The first-order valence-corrected chi connectivity index (χ1v) is 6.79.